The number of hydrogen-bond acceptors (Lipinski definition) is 9. The van der Waals surface area contributed by atoms with Crippen LogP contribution in [-0.2, 0) is 20.6 Å². The van der Waals surface area contributed by atoms with Crippen LogP contribution >= 0.6 is 0 Å². The minimum absolute atomic E-state index is 0.0853. The van der Waals surface area contributed by atoms with Crippen molar-refractivity contribution in [3.8, 4) is 11.1 Å². The van der Waals surface area contributed by atoms with Crippen molar-refractivity contribution in [3.05, 3.63) is 84.1 Å². The van der Waals surface area contributed by atoms with E-state index in [9.17, 15) is 36.5 Å². The van der Waals surface area contributed by atoms with E-state index in [0.29, 0.717) is 29.4 Å². The third-order valence-electron chi connectivity index (χ3n) is 6.58. The molecular formula is C31H30F5N7O5S. The molecule has 3 amide bonds. The highest BCUT2D eigenvalue weighted by atomic mass is 32.2. The summed E-state index contributed by atoms with van der Waals surface area (Å²) in [6.45, 7) is 3.07. The number of halogens is 5. The van der Waals surface area contributed by atoms with E-state index in [1.807, 2.05) is 5.32 Å². The summed E-state index contributed by atoms with van der Waals surface area (Å²) in [6.07, 6.45) is -3.04. The number of nitrogens with zero attached hydrogens (tertiary/aromatic N) is 3. The molecule has 12 nitrogen and oxygen atoms in total. The monoisotopic (exact) mass is 707 g/mol. The fourth-order valence-corrected chi connectivity index (χ4v) is 5.25. The first-order valence-electron chi connectivity index (χ1n) is 14.3. The van der Waals surface area contributed by atoms with Gasteiger partial charge in [-0.1, -0.05) is 6.07 Å². The van der Waals surface area contributed by atoms with Crippen LogP contribution in [-0.4, -0.2) is 56.9 Å². The Bertz CT molecular complexity index is 1970. The first-order chi connectivity index (χ1) is 23.1. The normalized spacial score (nSPS) is 13.1. The minimum atomic E-state index is -4.78. The first-order valence-corrected chi connectivity index (χ1v) is 16.3. The Kier molecular flexibility index (Phi) is 11.3. The van der Waals surface area contributed by atoms with Gasteiger partial charge in [-0.15, -0.1) is 4.36 Å². The van der Waals surface area contributed by atoms with Gasteiger partial charge in [0.25, 0.3) is 0 Å². The van der Waals surface area contributed by atoms with Gasteiger partial charge in [0.05, 0.1) is 39.9 Å². The van der Waals surface area contributed by atoms with Crippen LogP contribution in [0.3, 0.4) is 0 Å². The number of benzene rings is 3. The molecule has 5 N–H and O–H groups in total. The van der Waals surface area contributed by atoms with E-state index in [0.717, 1.165) is 6.07 Å². The Labute approximate surface area is 277 Å². The lowest BCUT2D eigenvalue weighted by Gasteiger charge is -2.17. The molecule has 2 unspecified atom stereocenters. The zero-order valence-corrected chi connectivity index (χ0v) is 26.9. The summed E-state index contributed by atoms with van der Waals surface area (Å²) in [5, 5.41) is 19.7. The molecule has 1 heterocycles. The largest absolute Gasteiger partial charge is 0.448 e. The Hall–Kier alpha value is -5.36. The van der Waals surface area contributed by atoms with Crippen molar-refractivity contribution in [1.29, 1.82) is 0 Å². The molecule has 0 radical (unpaired) electrons. The van der Waals surface area contributed by atoms with Crippen molar-refractivity contribution in [2.45, 2.75) is 31.0 Å². The van der Waals surface area contributed by atoms with Crippen molar-refractivity contribution >= 4 is 50.7 Å². The maximum absolute atomic E-state index is 15.2. The maximum Gasteiger partial charge on any atom is 0.442 e. The van der Waals surface area contributed by atoms with Crippen molar-refractivity contribution in [3.63, 3.8) is 0 Å². The molecule has 4 aromatic rings. The highest BCUT2D eigenvalue weighted by Gasteiger charge is 2.31. The molecule has 0 saturated carbocycles. The smallest absolute Gasteiger partial charge is 0.442 e. The van der Waals surface area contributed by atoms with Crippen LogP contribution in [0.15, 0.2) is 76.1 Å². The lowest BCUT2D eigenvalue weighted by molar-refractivity contribution is -0.137. The molecule has 2 atom stereocenters. The van der Waals surface area contributed by atoms with Gasteiger partial charge in [0.15, 0.2) is 0 Å². The Balaban J connectivity index is 1.54. The molecular weight excluding hydrogens is 677 g/mol. The quantitative estimate of drug-likeness (QED) is 0.107. The zero-order chi connectivity index (χ0) is 35.9. The lowest BCUT2D eigenvalue weighted by Crippen LogP contribution is -2.21. The van der Waals surface area contributed by atoms with E-state index in [-0.39, 0.29) is 41.1 Å². The average molecular weight is 708 g/mol. The summed E-state index contributed by atoms with van der Waals surface area (Å²) < 4.78 is 89.4. The number of hydrogen-bond donors (Lipinski definition) is 5. The van der Waals surface area contributed by atoms with Crippen LogP contribution in [0.25, 0.3) is 11.1 Å². The molecule has 49 heavy (non-hydrogen) atoms. The Morgan fingerprint density at radius 2 is 1.69 bits per heavy atom. The van der Waals surface area contributed by atoms with Gasteiger partial charge in [0.2, 0.25) is 5.95 Å². The number of aliphatic hydroxyl groups excluding tert-OH is 1. The van der Waals surface area contributed by atoms with Crippen LogP contribution in [0.1, 0.15) is 19.4 Å². The Morgan fingerprint density at radius 1 is 1.00 bits per heavy atom. The summed E-state index contributed by atoms with van der Waals surface area (Å²) in [5.41, 5.74) is -1.27. The van der Waals surface area contributed by atoms with Crippen molar-refractivity contribution in [2.24, 2.45) is 4.36 Å². The molecule has 0 spiro atoms. The van der Waals surface area contributed by atoms with E-state index in [2.05, 4.69) is 30.3 Å². The number of rotatable bonds is 10. The second-order valence-corrected chi connectivity index (χ2v) is 12.7. The summed E-state index contributed by atoms with van der Waals surface area (Å²) in [4.78, 5) is 33.1. The third-order valence-corrected chi connectivity index (χ3v) is 8.22. The number of nitrogens with one attached hydrogen (secondary N) is 4. The summed E-state index contributed by atoms with van der Waals surface area (Å²) in [6, 6.07) is 9.58. The molecule has 0 bridgehead atoms. The van der Waals surface area contributed by atoms with Gasteiger partial charge in [-0.25, -0.2) is 27.6 Å². The van der Waals surface area contributed by atoms with Crippen molar-refractivity contribution in [1.82, 2.24) is 9.97 Å². The number of aliphatic hydroxyl groups is 1. The fourth-order valence-electron chi connectivity index (χ4n) is 4.16. The molecule has 0 aliphatic heterocycles. The van der Waals surface area contributed by atoms with E-state index in [1.165, 1.54) is 36.7 Å². The molecule has 4 rings (SSSR count). The van der Waals surface area contributed by atoms with E-state index >= 15 is 4.39 Å². The summed E-state index contributed by atoms with van der Waals surface area (Å²) >= 11 is 0. The summed E-state index contributed by atoms with van der Waals surface area (Å²) in [5.74, 6) is -1.78. The Morgan fingerprint density at radius 3 is 2.33 bits per heavy atom. The molecule has 1 aromatic heterocycles. The van der Waals surface area contributed by atoms with Gasteiger partial charge in [-0.2, -0.15) is 18.2 Å². The number of carbonyl (C=O) groups is 2. The third kappa shape index (κ3) is 9.60. The van der Waals surface area contributed by atoms with Gasteiger partial charge in [0, 0.05) is 34.6 Å². The second-order valence-electron chi connectivity index (χ2n) is 10.4. The van der Waals surface area contributed by atoms with Gasteiger partial charge in [-0.05, 0) is 74.0 Å². The molecule has 18 heteroatoms. The molecule has 3 aromatic carbocycles. The van der Waals surface area contributed by atoms with E-state index < -0.39 is 57.0 Å². The topological polar surface area (TPSA) is 167 Å². The number of urea groups is 1. The predicted octanol–water partition coefficient (Wildman–Crippen LogP) is 7.23. The molecule has 0 aliphatic rings. The van der Waals surface area contributed by atoms with Crippen LogP contribution < -0.4 is 21.3 Å². The van der Waals surface area contributed by atoms with Crippen LogP contribution in [0.2, 0.25) is 0 Å². The molecule has 0 saturated heterocycles. The minimum Gasteiger partial charge on any atom is -0.448 e. The number of alkyl halides is 3. The number of aromatic nitrogens is 2. The number of anilines is 5. The molecule has 0 fully saturated rings. The van der Waals surface area contributed by atoms with Crippen LogP contribution in [0.4, 0.5) is 60.4 Å². The SMILES string of the molecule is CCOC(=O)N=S(C)(=O)c1ccc(Nc2ncc(-c3ccc(NC(=O)Nc4cc(C(F)(F)F)ccc4F)c(F)c3)c(NC(C)CO)n2)cc1. The number of ether oxygens (including phenoxy) is 1. The first kappa shape index (κ1) is 36.5. The molecule has 0 aliphatic carbocycles. The standard InChI is InChI=1S/C31H30F5N7O5S/c1-4-48-30(46)43-49(3,47)21-9-7-20(8-10-21)39-28-37-15-22(27(42-28)38-17(2)16-44)18-5-12-25(24(33)13-18)40-29(45)41-26-14-19(31(34,35)36)6-11-23(26)32/h5-15,17,44H,4,16H2,1-3H3,(H2,40,41,45)(H2,37,38,39,42). The zero-order valence-electron chi connectivity index (χ0n) is 26.1. The average Bonchev–Trinajstić information content (AvgIpc) is 3.03. The number of amides is 3. The van der Waals surface area contributed by atoms with Crippen molar-refractivity contribution in [2.75, 3.05) is 40.7 Å². The number of carbonyl (C=O) groups excluding carboxylic acids is 2. The van der Waals surface area contributed by atoms with Gasteiger partial charge in [0.1, 0.15) is 17.5 Å². The van der Waals surface area contributed by atoms with E-state index in [1.54, 1.807) is 26.0 Å². The highest BCUT2D eigenvalue weighted by molar-refractivity contribution is 7.93. The maximum atomic E-state index is 15.2. The van der Waals surface area contributed by atoms with E-state index in [4.69, 9.17) is 4.74 Å². The van der Waals surface area contributed by atoms with Gasteiger partial charge >= 0.3 is 18.3 Å². The van der Waals surface area contributed by atoms with Crippen molar-refractivity contribution < 1.29 is 45.6 Å². The van der Waals surface area contributed by atoms with Crippen LogP contribution in [0, 0.1) is 11.6 Å². The second kappa shape index (κ2) is 15.2. The molecule has 260 valence electrons. The van der Waals surface area contributed by atoms with Crippen LogP contribution in [0.5, 0.6) is 0 Å². The summed E-state index contributed by atoms with van der Waals surface area (Å²) in [7, 11) is -3.07. The highest BCUT2D eigenvalue weighted by Crippen LogP contribution is 2.33. The fraction of sp³-hybridized carbons (Fsp3) is 0.226. The predicted molar refractivity (Wildman–Crippen MR) is 173 cm³/mol. The van der Waals surface area contributed by atoms with Gasteiger partial charge < -0.3 is 31.1 Å². The van der Waals surface area contributed by atoms with Gasteiger partial charge in [-0.3, -0.25) is 0 Å². The lowest BCUT2D eigenvalue weighted by atomic mass is 10.1.